The molecule has 13 nitrogen and oxygen atoms in total. The largest absolute Gasteiger partial charge is 0.383 e. The molecule has 0 spiro atoms. The third-order valence-electron chi connectivity index (χ3n) is 8.45. The molecule has 0 amide bonds. The zero-order valence-corrected chi connectivity index (χ0v) is 35.5. The van der Waals surface area contributed by atoms with Crippen LogP contribution in [0, 0.1) is 5.92 Å². The normalized spacial score (nSPS) is 10.9. The number of aromatic amines is 1. The van der Waals surface area contributed by atoms with Gasteiger partial charge in [0.15, 0.2) is 12.1 Å². The molecule has 1 atom stereocenters. The first-order valence-electron chi connectivity index (χ1n) is 20.2. The van der Waals surface area contributed by atoms with Crippen LogP contribution < -0.4 is 16.0 Å². The molecule has 0 aliphatic rings. The molecule has 0 bridgehead atoms. The fourth-order valence-electron chi connectivity index (χ4n) is 5.55. The quantitative estimate of drug-likeness (QED) is 0.0273. The summed E-state index contributed by atoms with van der Waals surface area (Å²) in [5.74, 6) is -0.0998. The van der Waals surface area contributed by atoms with E-state index in [-0.39, 0.29) is 11.7 Å². The van der Waals surface area contributed by atoms with Crippen LogP contribution >= 0.6 is 0 Å². The number of nitrogens with zero attached hydrogens (tertiary/aromatic N) is 1. The van der Waals surface area contributed by atoms with E-state index in [0.29, 0.717) is 102 Å². The summed E-state index contributed by atoms with van der Waals surface area (Å²) >= 11 is 0. The molecule has 5 aromatic rings. The second-order valence-electron chi connectivity index (χ2n) is 13.0. The van der Waals surface area contributed by atoms with Gasteiger partial charge in [-0.3, -0.25) is 14.6 Å². The number of nitrogens with one attached hydrogen (secondary N) is 4. The number of Topliss-reactive ketones (excluding diaryl/α,β-unsaturated/α-hetero) is 1. The minimum atomic E-state index is -0.142. The maximum absolute atomic E-state index is 11.7. The number of anilines is 2. The maximum atomic E-state index is 11.7. The summed E-state index contributed by atoms with van der Waals surface area (Å²) in [5.41, 5.74) is 6.98. The molecular formula is C46H63N5O8. The SMILES string of the molecule is CC.CC(=O)c1cccc(NCCOCCOCCOCCOCCNc2ccc(-c3ccc4c(c3)[nH]c3ccncc34)cc2)c1C=O.CC(C=O)CCC=O.CNC. The van der Waals surface area contributed by atoms with Gasteiger partial charge in [0.25, 0.3) is 0 Å². The molecule has 2 heterocycles. The molecule has 0 saturated carbocycles. The molecule has 5 rings (SSSR count). The molecule has 0 saturated heterocycles. The van der Waals surface area contributed by atoms with Gasteiger partial charge in [-0.2, -0.15) is 0 Å². The molecule has 1 unspecified atom stereocenters. The average molecular weight is 814 g/mol. The van der Waals surface area contributed by atoms with E-state index in [1.807, 2.05) is 40.2 Å². The van der Waals surface area contributed by atoms with Crippen LogP contribution in [-0.4, -0.2) is 115 Å². The van der Waals surface area contributed by atoms with E-state index in [2.05, 4.69) is 68.4 Å². The lowest BCUT2D eigenvalue weighted by atomic mass is 10.0. The minimum Gasteiger partial charge on any atom is -0.383 e. The Hall–Kier alpha value is -5.31. The van der Waals surface area contributed by atoms with Crippen molar-refractivity contribution in [2.24, 2.45) is 5.92 Å². The van der Waals surface area contributed by atoms with Crippen LogP contribution in [0.15, 0.2) is 79.1 Å². The first-order valence-corrected chi connectivity index (χ1v) is 20.2. The Labute approximate surface area is 348 Å². The number of ketones is 1. The van der Waals surface area contributed by atoms with Crippen LogP contribution in [0.3, 0.4) is 0 Å². The van der Waals surface area contributed by atoms with Crippen LogP contribution in [0.5, 0.6) is 0 Å². The Morgan fingerprint density at radius 1 is 0.746 bits per heavy atom. The van der Waals surface area contributed by atoms with Crippen molar-refractivity contribution in [3.05, 3.63) is 90.3 Å². The topological polar surface area (TPSA) is 170 Å². The van der Waals surface area contributed by atoms with Gasteiger partial charge in [0.2, 0.25) is 0 Å². The summed E-state index contributed by atoms with van der Waals surface area (Å²) in [6.45, 7) is 12.4. The molecule has 3 aromatic carbocycles. The summed E-state index contributed by atoms with van der Waals surface area (Å²) in [6.07, 6.45) is 7.29. The highest BCUT2D eigenvalue weighted by molar-refractivity contribution is 6.07. The van der Waals surface area contributed by atoms with Gasteiger partial charge in [-0.1, -0.05) is 57.2 Å². The van der Waals surface area contributed by atoms with Gasteiger partial charge in [0, 0.05) is 82.1 Å². The molecule has 0 aliphatic carbocycles. The number of aldehydes is 3. The number of carbonyl (C=O) groups excluding carboxylic acids is 4. The summed E-state index contributed by atoms with van der Waals surface area (Å²) in [6, 6.07) is 22.1. The molecule has 0 fully saturated rings. The van der Waals surface area contributed by atoms with E-state index in [9.17, 15) is 19.2 Å². The van der Waals surface area contributed by atoms with Gasteiger partial charge in [0.1, 0.15) is 12.6 Å². The monoisotopic (exact) mass is 813 g/mol. The second kappa shape index (κ2) is 30.7. The highest BCUT2D eigenvalue weighted by Gasteiger charge is 2.11. The molecular weight excluding hydrogens is 751 g/mol. The number of ether oxygens (including phenoxy) is 4. The molecule has 13 heteroatoms. The van der Waals surface area contributed by atoms with Crippen molar-refractivity contribution in [1.82, 2.24) is 15.3 Å². The Kier molecular flexibility index (Phi) is 26.0. The van der Waals surface area contributed by atoms with Gasteiger partial charge < -0.3 is 49.5 Å². The predicted octanol–water partition coefficient (Wildman–Crippen LogP) is 7.65. The highest BCUT2D eigenvalue weighted by Crippen LogP contribution is 2.29. The van der Waals surface area contributed by atoms with E-state index in [1.165, 1.54) is 12.3 Å². The third-order valence-corrected chi connectivity index (χ3v) is 8.45. The van der Waals surface area contributed by atoms with Gasteiger partial charge in [-0.15, -0.1) is 0 Å². The predicted molar refractivity (Wildman–Crippen MR) is 238 cm³/mol. The summed E-state index contributed by atoms with van der Waals surface area (Å²) in [7, 11) is 3.75. The smallest absolute Gasteiger partial charge is 0.160 e. The van der Waals surface area contributed by atoms with Crippen molar-refractivity contribution in [1.29, 1.82) is 0 Å². The Morgan fingerprint density at radius 3 is 1.92 bits per heavy atom. The van der Waals surface area contributed by atoms with Crippen molar-refractivity contribution in [3.63, 3.8) is 0 Å². The van der Waals surface area contributed by atoms with Gasteiger partial charge >= 0.3 is 0 Å². The number of fused-ring (bicyclic) bond motifs is 3. The zero-order valence-electron chi connectivity index (χ0n) is 35.5. The average Bonchev–Trinajstić information content (AvgIpc) is 3.64. The zero-order chi connectivity index (χ0) is 43.1. The first kappa shape index (κ1) is 49.8. The maximum Gasteiger partial charge on any atom is 0.160 e. The Morgan fingerprint density at radius 2 is 1.34 bits per heavy atom. The highest BCUT2D eigenvalue weighted by atomic mass is 16.6. The van der Waals surface area contributed by atoms with Gasteiger partial charge in [-0.25, -0.2) is 0 Å². The van der Waals surface area contributed by atoms with Crippen LogP contribution in [0.25, 0.3) is 32.9 Å². The number of hydrogen-bond donors (Lipinski definition) is 4. The van der Waals surface area contributed by atoms with Crippen molar-refractivity contribution in [2.75, 3.05) is 90.7 Å². The lowest BCUT2D eigenvalue weighted by Crippen LogP contribution is -2.16. The third kappa shape index (κ3) is 18.4. The number of pyridine rings is 1. The van der Waals surface area contributed by atoms with E-state index in [1.54, 1.807) is 31.3 Å². The lowest BCUT2D eigenvalue weighted by Gasteiger charge is -2.11. The van der Waals surface area contributed by atoms with Crippen molar-refractivity contribution >= 4 is 57.8 Å². The van der Waals surface area contributed by atoms with Crippen LogP contribution in [0.2, 0.25) is 0 Å². The van der Waals surface area contributed by atoms with Gasteiger partial charge in [-0.05, 0) is 68.9 Å². The van der Waals surface area contributed by atoms with Crippen molar-refractivity contribution < 1.29 is 38.1 Å². The first-order chi connectivity index (χ1) is 28.9. The van der Waals surface area contributed by atoms with E-state index < -0.39 is 0 Å². The molecule has 4 N–H and O–H groups in total. The second-order valence-corrected chi connectivity index (χ2v) is 13.0. The molecule has 0 radical (unpaired) electrons. The Balaban J connectivity index is 0.000000807. The van der Waals surface area contributed by atoms with E-state index >= 15 is 0 Å². The Bertz CT molecular complexity index is 1930. The number of benzene rings is 3. The molecule has 59 heavy (non-hydrogen) atoms. The lowest BCUT2D eigenvalue weighted by molar-refractivity contribution is -0.111. The van der Waals surface area contributed by atoms with Crippen molar-refractivity contribution in [3.8, 4) is 11.1 Å². The summed E-state index contributed by atoms with van der Waals surface area (Å²) in [4.78, 5) is 50.4. The van der Waals surface area contributed by atoms with E-state index in [4.69, 9.17) is 18.9 Å². The van der Waals surface area contributed by atoms with E-state index in [0.717, 1.165) is 45.8 Å². The number of hydrogen-bond acceptors (Lipinski definition) is 12. The molecule has 320 valence electrons. The number of aromatic nitrogens is 2. The summed E-state index contributed by atoms with van der Waals surface area (Å²) in [5, 5.41) is 11.6. The number of H-pyrrole nitrogens is 1. The molecule has 0 aliphatic heterocycles. The summed E-state index contributed by atoms with van der Waals surface area (Å²) < 4.78 is 22.3. The number of carbonyl (C=O) groups is 4. The fourth-order valence-corrected chi connectivity index (χ4v) is 5.55. The molecule has 2 aromatic heterocycles. The van der Waals surface area contributed by atoms with Crippen LogP contribution in [0.4, 0.5) is 11.4 Å². The standard InChI is InChI=1S/C36H40N4O6.C6H10O2.C2H7N.C2H6/c1-26(42)30-3-2-4-34(33(30)25-41)39-14-16-44-18-20-46-22-21-45-19-17-43-15-13-38-29-8-5-27(6-9-29)28-7-10-31-32-24-37-12-11-35(32)40-36(31)23-28;1-6(5-8)3-2-4-7;1-3-2;1-2/h2-12,23-25,38-40H,13-22H2,1H3;4-6H,2-3H2,1H3;3H,1-2H3;1-2H3. The number of rotatable bonds is 24. The van der Waals surface area contributed by atoms with Crippen LogP contribution in [-0.2, 0) is 28.5 Å². The minimum absolute atomic E-state index is 0.0419. The van der Waals surface area contributed by atoms with Gasteiger partial charge in [0.05, 0.1) is 52.9 Å². The fraction of sp³-hybridized carbons (Fsp3) is 0.413. The van der Waals surface area contributed by atoms with Crippen LogP contribution in [0.1, 0.15) is 61.3 Å². The van der Waals surface area contributed by atoms with Crippen molar-refractivity contribution in [2.45, 2.75) is 40.5 Å².